The Balaban J connectivity index is 4.66. The number of nitrogens with zero attached hydrogens (tertiary/aromatic N) is 1. The first-order chi connectivity index (χ1) is 24.1. The van der Waals surface area contributed by atoms with Crippen molar-refractivity contribution in [1.29, 1.82) is 0 Å². The maximum Gasteiger partial charge on any atom is 0.333 e. The Kier molecular flexibility index (Phi) is 33.2. The van der Waals surface area contributed by atoms with Crippen molar-refractivity contribution in [3.63, 3.8) is 0 Å². The minimum Gasteiger partial charge on any atom is -0.394 e. The predicted molar refractivity (Wildman–Crippen MR) is 224 cm³/mol. The van der Waals surface area contributed by atoms with Crippen LogP contribution in [0.2, 0.25) is 13.1 Å². The second-order valence-electron chi connectivity index (χ2n) is 15.0. The van der Waals surface area contributed by atoms with Gasteiger partial charge in [0.2, 0.25) is 0 Å². The van der Waals surface area contributed by atoms with Crippen LogP contribution >= 0.6 is 0 Å². The van der Waals surface area contributed by atoms with Gasteiger partial charge in [-0.3, -0.25) is 4.90 Å². The van der Waals surface area contributed by atoms with Crippen LogP contribution in [0.5, 0.6) is 0 Å². The summed E-state index contributed by atoms with van der Waals surface area (Å²) < 4.78 is 19.3. The number of hydrogen-bond donors (Lipinski definition) is 0. The van der Waals surface area contributed by atoms with Gasteiger partial charge >= 0.3 is 8.56 Å². The van der Waals surface area contributed by atoms with E-state index in [0.717, 1.165) is 71.1 Å². The molecule has 0 bridgehead atoms. The zero-order valence-corrected chi connectivity index (χ0v) is 35.3. The maximum absolute atomic E-state index is 6.60. The van der Waals surface area contributed by atoms with Crippen molar-refractivity contribution in [2.45, 2.75) is 182 Å². The third-order valence-electron chi connectivity index (χ3n) is 8.89. The first kappa shape index (κ1) is 48.3. The van der Waals surface area contributed by atoms with Crippen LogP contribution in [-0.4, -0.2) is 53.1 Å². The SMILES string of the molecule is C#CCN(C)CCCCCCO[Si](C)(C)OC(CCCCCCC/C=C\C/C=C\CCCCC)OC/C=C(\C)CC/C=C(\C)CCC=C(C)C. The molecule has 0 heterocycles. The Labute approximate surface area is 313 Å². The summed E-state index contributed by atoms with van der Waals surface area (Å²) in [6.45, 7) is 18.6. The van der Waals surface area contributed by atoms with Crippen LogP contribution in [0.15, 0.2) is 59.3 Å². The molecule has 5 heteroatoms. The summed E-state index contributed by atoms with van der Waals surface area (Å²) in [6.07, 6.45) is 45.2. The van der Waals surface area contributed by atoms with Gasteiger partial charge in [-0.05, 0) is 138 Å². The zero-order chi connectivity index (χ0) is 37.1. The third-order valence-corrected chi connectivity index (χ3v) is 10.6. The average molecular weight is 712 g/mol. The highest BCUT2D eigenvalue weighted by Gasteiger charge is 2.29. The van der Waals surface area contributed by atoms with Crippen molar-refractivity contribution in [3.8, 4) is 12.3 Å². The second-order valence-corrected chi connectivity index (χ2v) is 18.3. The number of terminal acetylenes is 1. The smallest absolute Gasteiger partial charge is 0.333 e. The van der Waals surface area contributed by atoms with Crippen LogP contribution in [0.3, 0.4) is 0 Å². The number of rotatable bonds is 34. The molecule has 288 valence electrons. The quantitative estimate of drug-likeness (QED) is 0.0219. The van der Waals surface area contributed by atoms with Crippen molar-refractivity contribution >= 4 is 8.56 Å². The predicted octanol–water partition coefficient (Wildman–Crippen LogP) is 13.4. The van der Waals surface area contributed by atoms with Crippen molar-refractivity contribution in [2.75, 3.05) is 33.4 Å². The standard InChI is InChI=1S/C45H81NO3Si/c1-10-12-13-14-15-16-17-18-19-20-21-22-23-24-27-36-45(47-41-37-44(6)35-31-34-43(5)33-30-32-42(3)4)49-50(8,9)48-40-29-26-25-28-39-46(7)38-11-2/h2,15-16,18-19,32,34,37,45H,10,12-14,17,20-31,33,35-36,38-41H2,1,3-9H3/b16-15-,19-18-,43-34+,44-37+. The molecule has 0 spiro atoms. The minimum atomic E-state index is -2.30. The molecule has 0 N–H and O–H groups in total. The molecule has 0 saturated heterocycles. The molecule has 0 fully saturated rings. The van der Waals surface area contributed by atoms with E-state index < -0.39 is 8.56 Å². The highest BCUT2D eigenvalue weighted by molar-refractivity contribution is 6.64. The van der Waals surface area contributed by atoms with E-state index >= 15 is 0 Å². The molecule has 0 amide bonds. The van der Waals surface area contributed by atoms with E-state index in [0.29, 0.717) is 6.61 Å². The van der Waals surface area contributed by atoms with Gasteiger partial charge in [-0.15, -0.1) is 6.42 Å². The van der Waals surface area contributed by atoms with Crippen LogP contribution in [0.25, 0.3) is 0 Å². The van der Waals surface area contributed by atoms with E-state index in [2.05, 4.69) is 108 Å². The summed E-state index contributed by atoms with van der Waals surface area (Å²) in [6, 6.07) is 0. The topological polar surface area (TPSA) is 30.9 Å². The second kappa shape index (κ2) is 34.4. The number of unbranched alkanes of at least 4 members (excludes halogenated alkanes) is 11. The van der Waals surface area contributed by atoms with E-state index in [9.17, 15) is 0 Å². The van der Waals surface area contributed by atoms with E-state index in [-0.39, 0.29) is 6.29 Å². The molecular weight excluding hydrogens is 631 g/mol. The fourth-order valence-corrected chi connectivity index (χ4v) is 7.20. The summed E-state index contributed by atoms with van der Waals surface area (Å²) in [5.74, 6) is 2.71. The molecule has 0 aliphatic carbocycles. The molecular formula is C45H81NO3Si. The summed E-state index contributed by atoms with van der Waals surface area (Å²) in [4.78, 5) is 2.21. The van der Waals surface area contributed by atoms with Gasteiger partial charge in [-0.1, -0.05) is 117 Å². The van der Waals surface area contributed by atoms with Gasteiger partial charge in [0, 0.05) is 6.61 Å². The molecule has 0 aromatic heterocycles. The Morgan fingerprint density at radius 3 is 2.00 bits per heavy atom. The van der Waals surface area contributed by atoms with Gasteiger partial charge in [0.05, 0.1) is 13.2 Å². The molecule has 1 atom stereocenters. The molecule has 0 aliphatic heterocycles. The number of hydrogen-bond acceptors (Lipinski definition) is 4. The molecule has 0 radical (unpaired) electrons. The lowest BCUT2D eigenvalue weighted by Crippen LogP contribution is -2.40. The van der Waals surface area contributed by atoms with Crippen LogP contribution in [0, 0.1) is 12.3 Å². The van der Waals surface area contributed by atoms with E-state index in [1.54, 1.807) is 0 Å². The highest BCUT2D eigenvalue weighted by atomic mass is 28.4. The summed E-state index contributed by atoms with van der Waals surface area (Å²) in [5, 5.41) is 0. The first-order valence-corrected chi connectivity index (χ1v) is 23.2. The summed E-state index contributed by atoms with van der Waals surface area (Å²) in [5.41, 5.74) is 4.27. The lowest BCUT2D eigenvalue weighted by molar-refractivity contribution is -0.0939. The van der Waals surface area contributed by atoms with E-state index in [1.165, 1.54) is 93.8 Å². The third kappa shape index (κ3) is 34.8. The highest BCUT2D eigenvalue weighted by Crippen LogP contribution is 2.19. The molecule has 0 aromatic rings. The summed E-state index contributed by atoms with van der Waals surface area (Å²) in [7, 11) is -0.212. The minimum absolute atomic E-state index is 0.206. The maximum atomic E-state index is 6.60. The van der Waals surface area contributed by atoms with Crippen molar-refractivity contribution in [1.82, 2.24) is 4.90 Å². The summed E-state index contributed by atoms with van der Waals surface area (Å²) >= 11 is 0. The fraction of sp³-hybridized carbons (Fsp3) is 0.733. The zero-order valence-electron chi connectivity index (χ0n) is 34.3. The largest absolute Gasteiger partial charge is 0.394 e. The molecule has 4 nitrogen and oxygen atoms in total. The van der Waals surface area contributed by atoms with E-state index in [4.69, 9.17) is 20.0 Å². The molecule has 0 aromatic carbocycles. The van der Waals surface area contributed by atoms with Crippen LogP contribution < -0.4 is 0 Å². The Morgan fingerprint density at radius 1 is 0.720 bits per heavy atom. The average Bonchev–Trinajstić information content (AvgIpc) is 3.05. The van der Waals surface area contributed by atoms with Crippen LogP contribution in [-0.2, 0) is 13.6 Å². The van der Waals surface area contributed by atoms with Gasteiger partial charge in [0.15, 0.2) is 0 Å². The van der Waals surface area contributed by atoms with Gasteiger partial charge in [-0.2, -0.15) is 0 Å². The Hall–Kier alpha value is -1.68. The Morgan fingerprint density at radius 2 is 1.32 bits per heavy atom. The van der Waals surface area contributed by atoms with Crippen molar-refractivity contribution in [2.24, 2.45) is 0 Å². The normalized spacial score (nSPS) is 13.5. The molecule has 50 heavy (non-hydrogen) atoms. The number of ether oxygens (including phenoxy) is 1. The molecule has 1 unspecified atom stereocenters. The van der Waals surface area contributed by atoms with Crippen molar-refractivity contribution < 1.29 is 13.6 Å². The molecule has 0 saturated carbocycles. The van der Waals surface area contributed by atoms with Gasteiger partial charge in [-0.25, -0.2) is 0 Å². The fourth-order valence-electron chi connectivity index (χ4n) is 5.68. The number of allylic oxidation sites excluding steroid dienone is 9. The lowest BCUT2D eigenvalue weighted by atomic mass is 10.1. The lowest BCUT2D eigenvalue weighted by Gasteiger charge is -2.29. The van der Waals surface area contributed by atoms with E-state index in [1.807, 2.05) is 0 Å². The van der Waals surface area contributed by atoms with Gasteiger partial charge in [0.25, 0.3) is 0 Å². The van der Waals surface area contributed by atoms with Crippen molar-refractivity contribution in [3.05, 3.63) is 59.3 Å². The van der Waals surface area contributed by atoms with Gasteiger partial charge < -0.3 is 13.6 Å². The molecule has 0 rings (SSSR count). The monoisotopic (exact) mass is 712 g/mol. The van der Waals surface area contributed by atoms with Gasteiger partial charge in [0.1, 0.15) is 6.29 Å². The molecule has 0 aliphatic rings. The Bertz CT molecular complexity index is 983. The van der Waals surface area contributed by atoms with Crippen LogP contribution in [0.1, 0.15) is 163 Å². The van der Waals surface area contributed by atoms with Crippen LogP contribution in [0.4, 0.5) is 0 Å². The first-order valence-electron chi connectivity index (χ1n) is 20.4.